The first-order valence-electron chi connectivity index (χ1n) is 4.85. The Kier molecular flexibility index (Phi) is 7.83. The van der Waals surface area contributed by atoms with E-state index < -0.39 is 17.7 Å². The Morgan fingerprint density at radius 3 is 2.19 bits per heavy atom. The Morgan fingerprint density at radius 2 is 1.75 bits per heavy atom. The molecule has 0 aliphatic heterocycles. The summed E-state index contributed by atoms with van der Waals surface area (Å²) in [5.74, 6) is 0. The number of benzene rings is 1. The van der Waals surface area contributed by atoms with Crippen molar-refractivity contribution in [1.82, 2.24) is 4.72 Å². The third-order valence-corrected chi connectivity index (χ3v) is 3.07. The van der Waals surface area contributed by atoms with Crippen LogP contribution in [-0.2, 0) is 10.0 Å². The van der Waals surface area contributed by atoms with Gasteiger partial charge in [-0.25, -0.2) is 13.1 Å². The lowest BCUT2D eigenvalue weighted by atomic mass is 10.4. The van der Waals surface area contributed by atoms with E-state index in [-0.39, 0.29) is 0 Å². The molecule has 0 saturated heterocycles. The second kappa shape index (κ2) is 8.29. The molecule has 1 aromatic rings. The molecule has 0 atom stereocenters. The minimum absolute atomic E-state index is 0.323. The first-order chi connectivity index (χ1) is 7.58. The zero-order chi connectivity index (χ0) is 12.4. The summed E-state index contributed by atoms with van der Waals surface area (Å²) in [6.07, 6.45) is 0.798. The minimum atomic E-state index is -3.27. The van der Waals surface area contributed by atoms with Crippen molar-refractivity contribution in [2.45, 2.75) is 18.2 Å². The topological polar surface area (TPSA) is 86.6 Å². The summed E-state index contributed by atoms with van der Waals surface area (Å²) < 4.78 is 25.5. The van der Waals surface area contributed by atoms with Crippen LogP contribution in [0.3, 0.4) is 0 Å². The van der Waals surface area contributed by atoms with Crippen molar-refractivity contribution in [3.63, 3.8) is 0 Å². The molecule has 90 valence electrons. The van der Waals surface area contributed by atoms with E-state index in [0.717, 1.165) is 6.42 Å². The normalized spacial score (nSPS) is 10.2. The van der Waals surface area contributed by atoms with Crippen molar-refractivity contribution in [2.75, 3.05) is 6.54 Å². The van der Waals surface area contributed by atoms with Gasteiger partial charge in [0.1, 0.15) is 0 Å². The number of rotatable bonds is 4. The van der Waals surface area contributed by atoms with Crippen molar-refractivity contribution < 1.29 is 18.5 Å². The molecule has 0 amide bonds. The first kappa shape index (κ1) is 15.1. The lowest BCUT2D eigenvalue weighted by molar-refractivity contribution is 0.448. The highest BCUT2D eigenvalue weighted by molar-refractivity contribution is 7.89. The highest BCUT2D eigenvalue weighted by atomic mass is 32.2. The Balaban J connectivity index is 0.000000673. The summed E-state index contributed by atoms with van der Waals surface area (Å²) in [6.45, 7) is 2.41. The van der Waals surface area contributed by atoms with Gasteiger partial charge in [0.05, 0.1) is 4.90 Å². The Hall–Kier alpha value is -0.885. The molecule has 1 aromatic carbocycles. The first-order valence-corrected chi connectivity index (χ1v) is 6.33. The van der Waals surface area contributed by atoms with Gasteiger partial charge in [-0.05, 0) is 18.6 Å². The van der Waals surface area contributed by atoms with Gasteiger partial charge in [-0.1, -0.05) is 25.1 Å². The molecule has 0 aliphatic carbocycles. The van der Waals surface area contributed by atoms with Gasteiger partial charge in [-0.2, -0.15) is 0 Å². The van der Waals surface area contributed by atoms with Crippen molar-refractivity contribution in [3.05, 3.63) is 30.3 Å². The summed E-state index contributed by atoms with van der Waals surface area (Å²) >= 11 is 0. The van der Waals surface area contributed by atoms with Gasteiger partial charge >= 0.3 is 7.69 Å². The highest BCUT2D eigenvalue weighted by Crippen LogP contribution is 2.06. The molecule has 0 saturated carbocycles. The third kappa shape index (κ3) is 5.87. The maximum atomic E-state index is 11.5. The van der Waals surface area contributed by atoms with Crippen LogP contribution in [-0.4, -0.2) is 32.7 Å². The lowest BCUT2D eigenvalue weighted by Crippen LogP contribution is -2.24. The predicted octanol–water partition coefficient (Wildman–Crippen LogP) is -0.388. The van der Waals surface area contributed by atoms with E-state index in [1.54, 1.807) is 30.3 Å². The highest BCUT2D eigenvalue weighted by Gasteiger charge is 2.10. The Morgan fingerprint density at radius 1 is 1.25 bits per heavy atom. The van der Waals surface area contributed by atoms with Crippen LogP contribution in [0.25, 0.3) is 0 Å². The SMILES string of the molecule is CCCNS(=O)(=O)c1ccccc1.OBO. The van der Waals surface area contributed by atoms with Crippen LogP contribution in [0.1, 0.15) is 13.3 Å². The van der Waals surface area contributed by atoms with Crippen molar-refractivity contribution in [1.29, 1.82) is 0 Å². The van der Waals surface area contributed by atoms with Gasteiger partial charge in [-0.15, -0.1) is 0 Å². The van der Waals surface area contributed by atoms with Gasteiger partial charge < -0.3 is 10.0 Å². The number of hydrogen-bond acceptors (Lipinski definition) is 4. The van der Waals surface area contributed by atoms with Crippen LogP contribution in [0.2, 0.25) is 0 Å². The van der Waals surface area contributed by atoms with E-state index in [0.29, 0.717) is 11.4 Å². The van der Waals surface area contributed by atoms with Crippen LogP contribution in [0.15, 0.2) is 35.2 Å². The Labute approximate surface area is 96.5 Å². The molecule has 5 nitrogen and oxygen atoms in total. The van der Waals surface area contributed by atoms with Crippen LogP contribution < -0.4 is 4.72 Å². The fraction of sp³-hybridized carbons (Fsp3) is 0.333. The van der Waals surface area contributed by atoms with Crippen LogP contribution in [0.4, 0.5) is 0 Å². The van der Waals surface area contributed by atoms with Crippen molar-refractivity contribution in [3.8, 4) is 0 Å². The fourth-order valence-electron chi connectivity index (χ4n) is 0.919. The monoisotopic (exact) mass is 245 g/mol. The van der Waals surface area contributed by atoms with E-state index in [4.69, 9.17) is 10.0 Å². The molecule has 7 heteroatoms. The standard InChI is InChI=1S/C9H13NO2S.BH3O2/c1-2-8-10-13(11,12)9-6-4-3-5-7-9;2-1-3/h3-7,10H,2,8H2,1H3;1-3H. The van der Waals surface area contributed by atoms with E-state index in [2.05, 4.69) is 4.72 Å². The molecule has 1 rings (SSSR count). The maximum Gasteiger partial charge on any atom is 0.432 e. The molecule has 0 aliphatic rings. The maximum absolute atomic E-state index is 11.5. The quantitative estimate of drug-likeness (QED) is 0.630. The van der Waals surface area contributed by atoms with Crippen molar-refractivity contribution in [2.24, 2.45) is 0 Å². The van der Waals surface area contributed by atoms with Gasteiger partial charge in [0.2, 0.25) is 10.0 Å². The fourth-order valence-corrected chi connectivity index (χ4v) is 2.07. The van der Waals surface area contributed by atoms with Gasteiger partial charge in [0, 0.05) is 6.54 Å². The molecule has 0 radical (unpaired) electrons. The zero-order valence-corrected chi connectivity index (χ0v) is 9.94. The van der Waals surface area contributed by atoms with E-state index in [1.165, 1.54) is 0 Å². The molecule has 0 spiro atoms. The summed E-state index contributed by atoms with van der Waals surface area (Å²) in [6, 6.07) is 8.37. The molecular formula is C9H16BNO4S. The molecule has 3 N–H and O–H groups in total. The molecular weight excluding hydrogens is 229 g/mol. The van der Waals surface area contributed by atoms with E-state index in [9.17, 15) is 8.42 Å². The molecule has 0 heterocycles. The smallest absolute Gasteiger partial charge is 0.430 e. The number of sulfonamides is 1. The summed E-state index contributed by atoms with van der Waals surface area (Å²) in [5.41, 5.74) is 0. The summed E-state index contributed by atoms with van der Waals surface area (Å²) in [7, 11) is -4.02. The van der Waals surface area contributed by atoms with Gasteiger partial charge in [-0.3, -0.25) is 0 Å². The average Bonchev–Trinajstić information content (AvgIpc) is 2.29. The zero-order valence-electron chi connectivity index (χ0n) is 9.13. The number of nitrogens with one attached hydrogen (secondary N) is 1. The van der Waals surface area contributed by atoms with Gasteiger partial charge in [0.25, 0.3) is 0 Å². The molecule has 0 aromatic heterocycles. The second-order valence-corrected chi connectivity index (χ2v) is 4.62. The van der Waals surface area contributed by atoms with E-state index >= 15 is 0 Å². The van der Waals surface area contributed by atoms with Crippen LogP contribution in [0.5, 0.6) is 0 Å². The predicted molar refractivity (Wildman–Crippen MR) is 63.5 cm³/mol. The average molecular weight is 245 g/mol. The second-order valence-electron chi connectivity index (χ2n) is 2.85. The summed E-state index contributed by atoms with van der Waals surface area (Å²) in [5, 5.41) is 14.2. The molecule has 0 unspecified atom stereocenters. The van der Waals surface area contributed by atoms with Crippen LogP contribution >= 0.6 is 0 Å². The molecule has 0 fully saturated rings. The Bertz CT molecular complexity index is 368. The summed E-state index contributed by atoms with van der Waals surface area (Å²) in [4.78, 5) is 0.323. The minimum Gasteiger partial charge on any atom is -0.430 e. The van der Waals surface area contributed by atoms with E-state index in [1.807, 2.05) is 6.92 Å². The largest absolute Gasteiger partial charge is 0.432 e. The van der Waals surface area contributed by atoms with Gasteiger partial charge in [0.15, 0.2) is 0 Å². The molecule has 16 heavy (non-hydrogen) atoms. The van der Waals surface area contributed by atoms with Crippen LogP contribution in [0, 0.1) is 0 Å². The van der Waals surface area contributed by atoms with Crippen molar-refractivity contribution >= 4 is 17.7 Å². The number of hydrogen-bond donors (Lipinski definition) is 3. The third-order valence-electron chi connectivity index (χ3n) is 1.60. The lowest BCUT2D eigenvalue weighted by Gasteiger charge is -2.04. The molecule has 0 bridgehead atoms.